The first-order valence-corrected chi connectivity index (χ1v) is 9.54. The van der Waals surface area contributed by atoms with E-state index in [1.807, 2.05) is 0 Å². The van der Waals surface area contributed by atoms with Crippen LogP contribution in [0.1, 0.15) is 80.1 Å². The van der Waals surface area contributed by atoms with Gasteiger partial charge in [0.1, 0.15) is 11.2 Å². The SMILES string of the molecule is CC1CCC2CC1(OOC13CC(CCC1C)C3(C)C)C2(C)C. The first kappa shape index (κ1) is 15.4. The van der Waals surface area contributed by atoms with E-state index >= 15 is 0 Å². The van der Waals surface area contributed by atoms with Crippen LogP contribution in [0.2, 0.25) is 0 Å². The molecule has 0 saturated heterocycles. The molecule has 6 saturated carbocycles. The van der Waals surface area contributed by atoms with E-state index in [1.54, 1.807) is 0 Å². The molecule has 6 rings (SSSR count). The summed E-state index contributed by atoms with van der Waals surface area (Å²) in [6, 6.07) is 0. The minimum Gasteiger partial charge on any atom is -0.229 e. The van der Waals surface area contributed by atoms with Crippen LogP contribution in [0, 0.1) is 34.5 Å². The molecule has 0 radical (unpaired) electrons. The quantitative estimate of drug-likeness (QED) is 0.516. The summed E-state index contributed by atoms with van der Waals surface area (Å²) in [7, 11) is 0. The minimum atomic E-state index is -0.0387. The Bertz CT molecular complexity index is 438. The fraction of sp³-hybridized carbons (Fsp3) is 1.00. The normalized spacial score (nSPS) is 54.3. The molecule has 6 aliphatic rings. The first-order valence-electron chi connectivity index (χ1n) is 9.54. The maximum atomic E-state index is 6.45. The van der Waals surface area contributed by atoms with E-state index in [-0.39, 0.29) is 22.0 Å². The van der Waals surface area contributed by atoms with Crippen LogP contribution in [-0.4, -0.2) is 11.2 Å². The lowest BCUT2D eigenvalue weighted by atomic mass is 9.42. The maximum Gasteiger partial charge on any atom is 0.112 e. The highest BCUT2D eigenvalue weighted by Crippen LogP contribution is 2.69. The van der Waals surface area contributed by atoms with Crippen LogP contribution in [0.25, 0.3) is 0 Å². The lowest BCUT2D eigenvalue weighted by Crippen LogP contribution is -2.72. The molecule has 0 aliphatic heterocycles. The number of hydrogen-bond acceptors (Lipinski definition) is 2. The Hall–Kier alpha value is -0.0800. The van der Waals surface area contributed by atoms with E-state index in [2.05, 4.69) is 41.5 Å². The Morgan fingerprint density at radius 1 is 0.636 bits per heavy atom. The average Bonchev–Trinajstić information content (AvgIpc) is 2.46. The molecule has 6 atom stereocenters. The second-order valence-corrected chi connectivity index (χ2v) is 10.1. The molecule has 2 heteroatoms. The van der Waals surface area contributed by atoms with Crippen molar-refractivity contribution in [3.05, 3.63) is 0 Å². The van der Waals surface area contributed by atoms with Gasteiger partial charge in [0, 0.05) is 10.8 Å². The van der Waals surface area contributed by atoms with Crippen molar-refractivity contribution in [2.75, 3.05) is 0 Å². The summed E-state index contributed by atoms with van der Waals surface area (Å²) in [5.74, 6) is 2.88. The summed E-state index contributed by atoms with van der Waals surface area (Å²) in [5.41, 5.74) is 0.463. The molecule has 6 unspecified atom stereocenters. The lowest BCUT2D eigenvalue weighted by molar-refractivity contribution is -0.516. The van der Waals surface area contributed by atoms with Gasteiger partial charge < -0.3 is 0 Å². The molecule has 0 spiro atoms. The Kier molecular flexibility index (Phi) is 3.02. The fourth-order valence-electron chi connectivity index (χ4n) is 6.76. The van der Waals surface area contributed by atoms with Gasteiger partial charge in [0.2, 0.25) is 0 Å². The van der Waals surface area contributed by atoms with Gasteiger partial charge in [-0.25, -0.2) is 9.78 Å². The highest BCUT2D eigenvalue weighted by molar-refractivity contribution is 5.17. The molecule has 126 valence electrons. The summed E-state index contributed by atoms with van der Waals surface area (Å²) < 4.78 is 0. The third-order valence-corrected chi connectivity index (χ3v) is 9.15. The molecule has 0 heterocycles. The van der Waals surface area contributed by atoms with E-state index in [9.17, 15) is 0 Å². The summed E-state index contributed by atoms with van der Waals surface area (Å²) in [5, 5.41) is 0. The van der Waals surface area contributed by atoms with Crippen LogP contribution in [0.5, 0.6) is 0 Å². The highest BCUT2D eigenvalue weighted by Gasteiger charge is 2.70. The molecule has 6 aliphatic carbocycles. The summed E-state index contributed by atoms with van der Waals surface area (Å²) in [6.45, 7) is 14.3. The van der Waals surface area contributed by atoms with Crippen LogP contribution < -0.4 is 0 Å². The summed E-state index contributed by atoms with van der Waals surface area (Å²) in [6.07, 6.45) is 7.74. The number of fused-ring (bicyclic) bond motifs is 4. The second kappa shape index (κ2) is 4.30. The molecular weight excluding hydrogens is 272 g/mol. The monoisotopic (exact) mass is 306 g/mol. The highest BCUT2D eigenvalue weighted by atomic mass is 17.2. The zero-order chi connectivity index (χ0) is 16.0. The smallest absolute Gasteiger partial charge is 0.112 e. The van der Waals surface area contributed by atoms with Crippen molar-refractivity contribution in [1.82, 2.24) is 0 Å². The van der Waals surface area contributed by atoms with Gasteiger partial charge in [-0.1, -0.05) is 41.5 Å². The van der Waals surface area contributed by atoms with E-state index in [0.29, 0.717) is 11.8 Å². The van der Waals surface area contributed by atoms with Crippen LogP contribution in [0.3, 0.4) is 0 Å². The van der Waals surface area contributed by atoms with E-state index in [4.69, 9.17) is 9.78 Å². The van der Waals surface area contributed by atoms with Crippen molar-refractivity contribution in [3.63, 3.8) is 0 Å². The Morgan fingerprint density at radius 3 is 1.27 bits per heavy atom. The number of hydrogen-bond donors (Lipinski definition) is 0. The molecule has 2 nitrogen and oxygen atoms in total. The Labute approximate surface area is 136 Å². The van der Waals surface area contributed by atoms with E-state index in [0.717, 1.165) is 11.8 Å². The molecule has 0 N–H and O–H groups in total. The van der Waals surface area contributed by atoms with Gasteiger partial charge in [0.15, 0.2) is 0 Å². The van der Waals surface area contributed by atoms with Gasteiger partial charge in [-0.15, -0.1) is 0 Å². The van der Waals surface area contributed by atoms with Gasteiger partial charge in [0.05, 0.1) is 0 Å². The molecular formula is C20H34O2. The van der Waals surface area contributed by atoms with Crippen molar-refractivity contribution in [2.24, 2.45) is 34.5 Å². The fourth-order valence-corrected chi connectivity index (χ4v) is 6.76. The largest absolute Gasteiger partial charge is 0.229 e. The van der Waals surface area contributed by atoms with Crippen molar-refractivity contribution >= 4 is 0 Å². The zero-order valence-corrected chi connectivity index (χ0v) is 15.4. The predicted molar refractivity (Wildman–Crippen MR) is 88.2 cm³/mol. The summed E-state index contributed by atoms with van der Waals surface area (Å²) in [4.78, 5) is 12.9. The van der Waals surface area contributed by atoms with Crippen molar-refractivity contribution < 1.29 is 9.78 Å². The molecule has 0 aromatic rings. The predicted octanol–water partition coefficient (Wildman–Crippen LogP) is 5.36. The molecule has 0 aromatic heterocycles. The van der Waals surface area contributed by atoms with Crippen LogP contribution in [0.4, 0.5) is 0 Å². The zero-order valence-electron chi connectivity index (χ0n) is 15.4. The Morgan fingerprint density at radius 2 is 1.00 bits per heavy atom. The molecule has 0 aromatic carbocycles. The molecule has 22 heavy (non-hydrogen) atoms. The third-order valence-electron chi connectivity index (χ3n) is 9.15. The summed E-state index contributed by atoms with van der Waals surface area (Å²) >= 11 is 0. The van der Waals surface area contributed by atoms with Gasteiger partial charge >= 0.3 is 0 Å². The maximum absolute atomic E-state index is 6.45. The van der Waals surface area contributed by atoms with Crippen molar-refractivity contribution in [2.45, 2.75) is 91.3 Å². The molecule has 0 amide bonds. The Balaban J connectivity index is 1.55. The minimum absolute atomic E-state index is 0.0387. The topological polar surface area (TPSA) is 18.5 Å². The molecule has 6 fully saturated rings. The van der Waals surface area contributed by atoms with Crippen LogP contribution >= 0.6 is 0 Å². The van der Waals surface area contributed by atoms with Gasteiger partial charge in [-0.3, -0.25) is 0 Å². The standard InChI is InChI=1S/C20H34O2/c1-13-7-9-15-11-19(13,17(15,3)4)21-22-20-12-16(18(20,5)6)10-8-14(20)2/h13-16H,7-12H2,1-6H3. The van der Waals surface area contributed by atoms with Crippen LogP contribution in [-0.2, 0) is 9.78 Å². The lowest BCUT2D eigenvalue weighted by Gasteiger charge is -2.70. The van der Waals surface area contributed by atoms with Gasteiger partial charge in [-0.05, 0) is 62.2 Å². The third kappa shape index (κ3) is 1.50. The van der Waals surface area contributed by atoms with Gasteiger partial charge in [-0.2, -0.15) is 0 Å². The van der Waals surface area contributed by atoms with Gasteiger partial charge in [0.25, 0.3) is 0 Å². The second-order valence-electron chi connectivity index (χ2n) is 10.1. The number of rotatable bonds is 3. The van der Waals surface area contributed by atoms with Crippen molar-refractivity contribution in [1.29, 1.82) is 0 Å². The molecule has 4 bridgehead atoms. The van der Waals surface area contributed by atoms with E-state index < -0.39 is 0 Å². The van der Waals surface area contributed by atoms with E-state index in [1.165, 1.54) is 38.5 Å². The first-order chi connectivity index (χ1) is 10.2. The average molecular weight is 306 g/mol. The van der Waals surface area contributed by atoms with Crippen LogP contribution in [0.15, 0.2) is 0 Å². The van der Waals surface area contributed by atoms with Crippen molar-refractivity contribution in [3.8, 4) is 0 Å².